The summed E-state index contributed by atoms with van der Waals surface area (Å²) in [6.45, 7) is 2.59. The molecule has 5 aromatic heterocycles. The molecule has 39 heavy (non-hydrogen) atoms. The van der Waals surface area contributed by atoms with Crippen molar-refractivity contribution in [1.29, 1.82) is 0 Å². The molecular weight excluding hydrogens is 518 g/mol. The average Bonchev–Trinajstić information content (AvgIpc) is 3.32. The van der Waals surface area contributed by atoms with E-state index in [0.29, 0.717) is 48.3 Å². The Morgan fingerprint density at radius 2 is 2.03 bits per heavy atom. The second-order valence-electron chi connectivity index (χ2n) is 9.84. The van der Waals surface area contributed by atoms with Gasteiger partial charge in [0.2, 0.25) is 0 Å². The highest BCUT2D eigenvalue weighted by atomic mass is 35.5. The predicted octanol–water partition coefficient (Wildman–Crippen LogP) is 4.53. The van der Waals surface area contributed by atoms with E-state index in [1.807, 2.05) is 21.9 Å². The number of anilines is 1. The molecule has 0 saturated heterocycles. The Morgan fingerprint density at radius 3 is 2.82 bits per heavy atom. The minimum Gasteiger partial charge on any atom is -0.466 e. The first-order valence-electron chi connectivity index (χ1n) is 13.0. The van der Waals surface area contributed by atoms with Crippen molar-refractivity contribution in [3.05, 3.63) is 82.9 Å². The van der Waals surface area contributed by atoms with Gasteiger partial charge in [0.15, 0.2) is 5.82 Å². The lowest BCUT2D eigenvalue weighted by Crippen LogP contribution is -2.26. The van der Waals surface area contributed by atoms with Crippen LogP contribution in [0.25, 0.3) is 11.2 Å². The van der Waals surface area contributed by atoms with Crippen LogP contribution < -0.4 is 4.90 Å². The van der Waals surface area contributed by atoms with Gasteiger partial charge < -0.3 is 13.5 Å². The number of fused-ring (bicyclic) bond motifs is 2. The molecule has 0 unspecified atom stereocenters. The van der Waals surface area contributed by atoms with E-state index in [0.717, 1.165) is 22.4 Å². The summed E-state index contributed by atoms with van der Waals surface area (Å²) in [7, 11) is 1.68. The van der Waals surface area contributed by atoms with Gasteiger partial charge in [-0.25, -0.2) is 9.97 Å². The number of amides is 1. The van der Waals surface area contributed by atoms with Crippen molar-refractivity contribution in [2.24, 2.45) is 0 Å². The van der Waals surface area contributed by atoms with Crippen LogP contribution in [-0.4, -0.2) is 54.1 Å². The van der Waals surface area contributed by atoms with Crippen molar-refractivity contribution in [3.63, 3.8) is 0 Å². The lowest BCUT2D eigenvalue weighted by molar-refractivity contribution is -0.143. The smallest absolute Gasteiger partial charge is 0.306 e. The third-order valence-corrected chi connectivity index (χ3v) is 7.19. The third kappa shape index (κ3) is 5.12. The highest BCUT2D eigenvalue weighted by molar-refractivity contribution is 6.31. The lowest BCUT2D eigenvalue weighted by Gasteiger charge is -2.14. The molecule has 0 atom stereocenters. The van der Waals surface area contributed by atoms with Crippen LogP contribution in [0.5, 0.6) is 0 Å². The number of aryl methyl sites for hydroxylation is 1. The van der Waals surface area contributed by atoms with Gasteiger partial charge in [0, 0.05) is 43.3 Å². The number of pyridine rings is 2. The van der Waals surface area contributed by atoms with E-state index in [2.05, 4.69) is 22.3 Å². The molecule has 200 valence electrons. The lowest BCUT2D eigenvalue weighted by atomic mass is 10.1. The summed E-state index contributed by atoms with van der Waals surface area (Å²) in [5, 5.41) is 4.98. The molecule has 0 spiro atoms. The van der Waals surface area contributed by atoms with Gasteiger partial charge in [-0.05, 0) is 55.4 Å². The van der Waals surface area contributed by atoms with Gasteiger partial charge in [0.1, 0.15) is 12.0 Å². The second-order valence-corrected chi connectivity index (χ2v) is 10.3. The van der Waals surface area contributed by atoms with Gasteiger partial charge >= 0.3 is 5.97 Å². The first-order valence-corrected chi connectivity index (χ1v) is 13.4. The van der Waals surface area contributed by atoms with Crippen molar-refractivity contribution in [3.8, 4) is 0 Å². The molecular formula is C28H28ClN7O3. The number of carbonyl (C=O) groups excluding carboxylic acids is 2. The Kier molecular flexibility index (Phi) is 6.56. The van der Waals surface area contributed by atoms with Crippen LogP contribution in [0.1, 0.15) is 59.3 Å². The van der Waals surface area contributed by atoms with Crippen LogP contribution in [0.2, 0.25) is 5.02 Å². The van der Waals surface area contributed by atoms with Crippen molar-refractivity contribution >= 4 is 40.5 Å². The molecule has 6 rings (SSSR count). The summed E-state index contributed by atoms with van der Waals surface area (Å²) < 4.78 is 10.7. The van der Waals surface area contributed by atoms with Crippen molar-refractivity contribution in [2.45, 2.75) is 45.1 Å². The van der Waals surface area contributed by atoms with E-state index in [1.54, 1.807) is 48.8 Å². The van der Waals surface area contributed by atoms with E-state index in [4.69, 9.17) is 21.3 Å². The zero-order valence-electron chi connectivity index (χ0n) is 21.7. The Morgan fingerprint density at radius 1 is 1.18 bits per heavy atom. The highest BCUT2D eigenvalue weighted by Gasteiger charge is 2.25. The molecule has 10 nitrogen and oxygen atoms in total. The first kappa shape index (κ1) is 25.1. The fourth-order valence-corrected chi connectivity index (χ4v) is 5.00. The van der Waals surface area contributed by atoms with E-state index < -0.39 is 0 Å². The van der Waals surface area contributed by atoms with Crippen LogP contribution in [0.4, 0.5) is 5.82 Å². The fraction of sp³-hybridized carbons (Fsp3) is 0.321. The molecule has 5 aromatic rings. The maximum atomic E-state index is 13.2. The number of hydrogen-bond donors (Lipinski definition) is 0. The molecule has 1 amide bonds. The molecule has 11 heteroatoms. The molecule has 5 heterocycles. The van der Waals surface area contributed by atoms with Crippen LogP contribution >= 0.6 is 11.6 Å². The van der Waals surface area contributed by atoms with Crippen molar-refractivity contribution in [2.75, 3.05) is 18.6 Å². The van der Waals surface area contributed by atoms with Gasteiger partial charge in [-0.1, -0.05) is 17.7 Å². The molecule has 1 aliphatic rings. The predicted molar refractivity (Wildman–Crippen MR) is 146 cm³/mol. The molecule has 0 aromatic carbocycles. The molecule has 1 fully saturated rings. The third-order valence-electron chi connectivity index (χ3n) is 6.96. The Bertz CT molecular complexity index is 1700. The molecule has 0 N–H and O–H groups in total. The Balaban J connectivity index is 1.22. The SMILES string of the molecule is CCOC(=O)CCc1cc(C2CC2)cn2cc(Cn3cc(C(=O)N(C)c4ncn5ccc(Cl)cc45)cn3)nc12. The second kappa shape index (κ2) is 10.2. The minimum atomic E-state index is -0.229. The maximum absolute atomic E-state index is 13.2. The largest absolute Gasteiger partial charge is 0.466 e. The molecule has 1 aliphatic carbocycles. The Labute approximate surface area is 229 Å². The van der Waals surface area contributed by atoms with Gasteiger partial charge in [-0.15, -0.1) is 0 Å². The van der Waals surface area contributed by atoms with Crippen LogP contribution in [0.15, 0.2) is 55.5 Å². The van der Waals surface area contributed by atoms with Crippen LogP contribution in [0.3, 0.4) is 0 Å². The van der Waals surface area contributed by atoms with E-state index >= 15 is 0 Å². The number of imidazole rings is 2. The summed E-state index contributed by atoms with van der Waals surface area (Å²) in [5.41, 5.74) is 5.12. The summed E-state index contributed by atoms with van der Waals surface area (Å²) >= 11 is 6.15. The number of hydrogen-bond acceptors (Lipinski definition) is 6. The highest BCUT2D eigenvalue weighted by Crippen LogP contribution is 2.40. The zero-order valence-corrected chi connectivity index (χ0v) is 22.5. The topological polar surface area (TPSA) is 99.0 Å². The van der Waals surface area contributed by atoms with Gasteiger partial charge in [0.25, 0.3) is 5.91 Å². The van der Waals surface area contributed by atoms with Gasteiger partial charge in [0.05, 0.1) is 36.1 Å². The fourth-order valence-electron chi connectivity index (χ4n) is 4.84. The maximum Gasteiger partial charge on any atom is 0.306 e. The number of nitrogens with zero attached hydrogens (tertiary/aromatic N) is 7. The normalized spacial score (nSPS) is 13.3. The van der Waals surface area contributed by atoms with Crippen LogP contribution in [-0.2, 0) is 22.5 Å². The van der Waals surface area contributed by atoms with Gasteiger partial charge in [-0.3, -0.25) is 19.2 Å². The minimum absolute atomic E-state index is 0.204. The van der Waals surface area contributed by atoms with E-state index in [-0.39, 0.29) is 11.9 Å². The van der Waals surface area contributed by atoms with Crippen LogP contribution in [0, 0.1) is 0 Å². The number of rotatable bonds is 9. The molecule has 0 radical (unpaired) electrons. The quantitative estimate of drug-likeness (QED) is 0.252. The average molecular weight is 546 g/mol. The molecule has 1 saturated carbocycles. The number of carbonyl (C=O) groups is 2. The van der Waals surface area contributed by atoms with Crippen molar-refractivity contribution < 1.29 is 14.3 Å². The summed E-state index contributed by atoms with van der Waals surface area (Å²) in [6.07, 6.45) is 14.1. The zero-order chi connectivity index (χ0) is 27.1. The number of esters is 1. The first-order chi connectivity index (χ1) is 18.9. The van der Waals surface area contributed by atoms with Gasteiger partial charge in [-0.2, -0.15) is 5.10 Å². The number of aromatic nitrogens is 6. The molecule has 0 aliphatic heterocycles. The summed E-state index contributed by atoms with van der Waals surface area (Å²) in [6, 6.07) is 5.72. The monoisotopic (exact) mass is 545 g/mol. The molecule has 0 bridgehead atoms. The summed E-state index contributed by atoms with van der Waals surface area (Å²) in [4.78, 5) is 36.0. The van der Waals surface area contributed by atoms with Crippen molar-refractivity contribution in [1.82, 2.24) is 28.5 Å². The van der Waals surface area contributed by atoms with E-state index in [9.17, 15) is 9.59 Å². The standard InChI is InChI=1S/C28H28ClN7O3/c1-3-39-25(37)7-6-19-10-20(18-4-5-18)13-35-15-23(32-26(19)35)16-36-14-21(12-31-36)28(38)33(2)27-24-11-22(29)8-9-34(24)17-30-27/h8-15,17-18H,3-7,16H2,1-2H3. The number of halogens is 1. The summed E-state index contributed by atoms with van der Waals surface area (Å²) in [5.74, 6) is 0.649. The Hall–Kier alpha value is -4.18. The van der Waals surface area contributed by atoms with E-state index in [1.165, 1.54) is 23.3 Å². The number of ether oxygens (including phenoxy) is 1.